The van der Waals surface area contributed by atoms with Crippen molar-refractivity contribution in [2.75, 3.05) is 7.11 Å². The summed E-state index contributed by atoms with van der Waals surface area (Å²) in [6.45, 7) is 1.68. The zero-order valence-electron chi connectivity index (χ0n) is 7.47. The molecule has 1 aromatic carbocycles. The van der Waals surface area contributed by atoms with Gasteiger partial charge in [0.25, 0.3) is 0 Å². The van der Waals surface area contributed by atoms with Crippen LogP contribution in [-0.4, -0.2) is 7.11 Å². The Kier molecular flexibility index (Phi) is 2.83. The Morgan fingerprint density at radius 1 is 1.38 bits per heavy atom. The number of hydrogen-bond acceptors (Lipinski definition) is 2. The maximum absolute atomic E-state index is 13.1. The van der Waals surface area contributed by atoms with Gasteiger partial charge in [-0.05, 0) is 13.0 Å². The van der Waals surface area contributed by atoms with Crippen molar-refractivity contribution in [2.45, 2.75) is 13.0 Å². The molecular formula is C9H11F2NO. The maximum Gasteiger partial charge on any atom is 0.200 e. The molecule has 4 heteroatoms. The molecule has 1 aromatic rings. The summed E-state index contributed by atoms with van der Waals surface area (Å²) in [5, 5.41) is 0. The maximum atomic E-state index is 13.1. The molecule has 0 aliphatic heterocycles. The molecule has 0 aromatic heterocycles. The van der Waals surface area contributed by atoms with Gasteiger partial charge in [-0.25, -0.2) is 4.39 Å². The molecule has 0 aliphatic rings. The van der Waals surface area contributed by atoms with Crippen molar-refractivity contribution in [3.8, 4) is 5.75 Å². The Morgan fingerprint density at radius 3 is 2.46 bits per heavy atom. The average Bonchev–Trinajstić information content (AvgIpc) is 2.09. The van der Waals surface area contributed by atoms with Gasteiger partial charge in [0.1, 0.15) is 0 Å². The summed E-state index contributed by atoms with van der Waals surface area (Å²) >= 11 is 0. The van der Waals surface area contributed by atoms with Gasteiger partial charge in [0, 0.05) is 11.6 Å². The van der Waals surface area contributed by atoms with Gasteiger partial charge in [-0.3, -0.25) is 0 Å². The first kappa shape index (κ1) is 9.92. The fraction of sp³-hybridized carbons (Fsp3) is 0.333. The van der Waals surface area contributed by atoms with Crippen LogP contribution in [0.1, 0.15) is 18.5 Å². The summed E-state index contributed by atoms with van der Waals surface area (Å²) in [5.74, 6) is -2.03. The molecule has 0 saturated heterocycles. The van der Waals surface area contributed by atoms with E-state index in [0.717, 1.165) is 6.07 Å². The van der Waals surface area contributed by atoms with Gasteiger partial charge in [0.15, 0.2) is 11.6 Å². The predicted molar refractivity (Wildman–Crippen MR) is 45.5 cm³/mol. The van der Waals surface area contributed by atoms with E-state index in [0.29, 0.717) is 5.56 Å². The summed E-state index contributed by atoms with van der Waals surface area (Å²) in [6.07, 6.45) is 0. The predicted octanol–water partition coefficient (Wildman–Crippen LogP) is 1.99. The summed E-state index contributed by atoms with van der Waals surface area (Å²) in [5.41, 5.74) is 6.00. The van der Waals surface area contributed by atoms with Crippen LogP contribution in [0.4, 0.5) is 8.78 Å². The largest absolute Gasteiger partial charge is 0.493 e. The van der Waals surface area contributed by atoms with E-state index in [1.807, 2.05) is 0 Å². The highest BCUT2D eigenvalue weighted by Crippen LogP contribution is 2.28. The molecule has 0 saturated carbocycles. The molecule has 0 heterocycles. The van der Waals surface area contributed by atoms with E-state index in [1.165, 1.54) is 13.2 Å². The SMILES string of the molecule is COc1c(C(C)N)ccc(F)c1F. The fourth-order valence-corrected chi connectivity index (χ4v) is 1.11. The third-order valence-corrected chi connectivity index (χ3v) is 1.78. The lowest BCUT2D eigenvalue weighted by atomic mass is 10.1. The van der Waals surface area contributed by atoms with Crippen LogP contribution in [0, 0.1) is 11.6 Å². The topological polar surface area (TPSA) is 35.2 Å². The molecule has 0 spiro atoms. The van der Waals surface area contributed by atoms with Crippen molar-refractivity contribution < 1.29 is 13.5 Å². The molecule has 1 atom stereocenters. The van der Waals surface area contributed by atoms with Gasteiger partial charge >= 0.3 is 0 Å². The number of benzene rings is 1. The van der Waals surface area contributed by atoms with Gasteiger partial charge in [0.2, 0.25) is 5.82 Å². The van der Waals surface area contributed by atoms with E-state index >= 15 is 0 Å². The summed E-state index contributed by atoms with van der Waals surface area (Å²) in [6, 6.07) is 2.07. The van der Waals surface area contributed by atoms with Crippen LogP contribution in [0.25, 0.3) is 0 Å². The Hall–Kier alpha value is -1.16. The monoisotopic (exact) mass is 187 g/mol. The zero-order chi connectivity index (χ0) is 10.0. The number of nitrogens with two attached hydrogens (primary N) is 1. The van der Waals surface area contributed by atoms with Crippen molar-refractivity contribution in [1.82, 2.24) is 0 Å². The first-order valence-electron chi connectivity index (χ1n) is 3.85. The van der Waals surface area contributed by atoms with Crippen molar-refractivity contribution in [3.05, 3.63) is 29.3 Å². The second kappa shape index (κ2) is 3.70. The summed E-state index contributed by atoms with van der Waals surface area (Å²) in [4.78, 5) is 0. The fourth-order valence-electron chi connectivity index (χ4n) is 1.11. The highest BCUT2D eigenvalue weighted by Gasteiger charge is 2.15. The lowest BCUT2D eigenvalue weighted by Crippen LogP contribution is -2.08. The van der Waals surface area contributed by atoms with Crippen LogP contribution >= 0.6 is 0 Å². The molecule has 1 unspecified atom stereocenters. The minimum atomic E-state index is -0.989. The van der Waals surface area contributed by atoms with Gasteiger partial charge in [-0.2, -0.15) is 4.39 Å². The number of methoxy groups -OCH3 is 1. The van der Waals surface area contributed by atoms with Gasteiger partial charge in [0.05, 0.1) is 7.11 Å². The van der Waals surface area contributed by atoms with Crippen molar-refractivity contribution in [3.63, 3.8) is 0 Å². The molecule has 13 heavy (non-hydrogen) atoms. The minimum absolute atomic E-state index is 0.116. The van der Waals surface area contributed by atoms with Crippen LogP contribution in [0.2, 0.25) is 0 Å². The number of hydrogen-bond donors (Lipinski definition) is 1. The first-order chi connectivity index (χ1) is 6.07. The van der Waals surface area contributed by atoms with Crippen molar-refractivity contribution >= 4 is 0 Å². The van der Waals surface area contributed by atoms with Gasteiger partial charge in [-0.15, -0.1) is 0 Å². The van der Waals surface area contributed by atoms with Gasteiger partial charge < -0.3 is 10.5 Å². The van der Waals surface area contributed by atoms with Crippen LogP contribution in [0.3, 0.4) is 0 Å². The standard InChI is InChI=1S/C9H11F2NO/c1-5(12)6-3-4-7(10)8(11)9(6)13-2/h3-5H,12H2,1-2H3. The lowest BCUT2D eigenvalue weighted by Gasteiger charge is -2.12. The van der Waals surface area contributed by atoms with E-state index in [4.69, 9.17) is 10.5 Å². The normalized spacial score (nSPS) is 12.7. The summed E-state index contributed by atoms with van der Waals surface area (Å²) < 4.78 is 30.5. The molecule has 1 rings (SSSR count). The van der Waals surface area contributed by atoms with Crippen LogP contribution in [-0.2, 0) is 0 Å². The Morgan fingerprint density at radius 2 is 2.00 bits per heavy atom. The zero-order valence-corrected chi connectivity index (χ0v) is 7.47. The van der Waals surface area contributed by atoms with E-state index in [1.54, 1.807) is 6.92 Å². The molecule has 2 N–H and O–H groups in total. The van der Waals surface area contributed by atoms with E-state index in [-0.39, 0.29) is 11.8 Å². The van der Waals surface area contributed by atoms with Crippen LogP contribution < -0.4 is 10.5 Å². The molecule has 0 fully saturated rings. The Labute approximate surface area is 75.3 Å². The Bertz CT molecular complexity index is 313. The molecule has 2 nitrogen and oxygen atoms in total. The average molecular weight is 187 g/mol. The second-order valence-electron chi connectivity index (χ2n) is 2.77. The quantitative estimate of drug-likeness (QED) is 0.768. The number of rotatable bonds is 2. The smallest absolute Gasteiger partial charge is 0.200 e. The third kappa shape index (κ3) is 1.78. The Balaban J connectivity index is 3.30. The van der Waals surface area contributed by atoms with Gasteiger partial charge in [-0.1, -0.05) is 6.07 Å². The number of halogens is 2. The third-order valence-electron chi connectivity index (χ3n) is 1.78. The van der Waals surface area contributed by atoms with Crippen molar-refractivity contribution in [1.29, 1.82) is 0 Å². The lowest BCUT2D eigenvalue weighted by molar-refractivity contribution is 0.364. The minimum Gasteiger partial charge on any atom is -0.493 e. The molecule has 0 bridgehead atoms. The molecule has 0 radical (unpaired) electrons. The van der Waals surface area contributed by atoms with Crippen LogP contribution in [0.5, 0.6) is 5.75 Å². The number of ether oxygens (including phenoxy) is 1. The summed E-state index contributed by atoms with van der Waals surface area (Å²) in [7, 11) is 1.28. The van der Waals surface area contributed by atoms with E-state index < -0.39 is 11.6 Å². The first-order valence-corrected chi connectivity index (χ1v) is 3.85. The highest BCUT2D eigenvalue weighted by molar-refractivity contribution is 5.37. The van der Waals surface area contributed by atoms with Crippen LogP contribution in [0.15, 0.2) is 12.1 Å². The molecule has 72 valence electrons. The van der Waals surface area contributed by atoms with E-state index in [2.05, 4.69) is 0 Å². The molecule has 0 aliphatic carbocycles. The highest BCUT2D eigenvalue weighted by atomic mass is 19.2. The molecule has 0 amide bonds. The van der Waals surface area contributed by atoms with E-state index in [9.17, 15) is 8.78 Å². The van der Waals surface area contributed by atoms with Crippen molar-refractivity contribution in [2.24, 2.45) is 5.73 Å². The molecular weight excluding hydrogens is 176 g/mol. The second-order valence-corrected chi connectivity index (χ2v) is 2.77.